The molecule has 0 radical (unpaired) electrons. The van der Waals surface area contributed by atoms with Crippen molar-refractivity contribution in [2.75, 3.05) is 6.54 Å². The van der Waals surface area contributed by atoms with E-state index in [1.807, 2.05) is 0 Å². The van der Waals surface area contributed by atoms with Crippen molar-refractivity contribution in [1.82, 2.24) is 19.7 Å². The Hall–Kier alpha value is -3.27. The van der Waals surface area contributed by atoms with Crippen LogP contribution in [0.3, 0.4) is 0 Å². The maximum atomic E-state index is 13.0. The summed E-state index contributed by atoms with van der Waals surface area (Å²) in [4.78, 5) is 25.0. The average Bonchev–Trinajstić information content (AvgIpc) is 3.03. The van der Waals surface area contributed by atoms with E-state index < -0.39 is 28.9 Å². The van der Waals surface area contributed by atoms with Gasteiger partial charge >= 0.3 is 11.9 Å². The number of hydrogen-bond donors (Lipinski definition) is 1. The minimum Gasteiger partial charge on any atom is -0.478 e. The van der Waals surface area contributed by atoms with Crippen molar-refractivity contribution < 1.29 is 22.7 Å². The first-order valence-electron chi connectivity index (χ1n) is 9.93. The Labute approximate surface area is 192 Å². The van der Waals surface area contributed by atoms with E-state index >= 15 is 0 Å². The summed E-state index contributed by atoms with van der Waals surface area (Å²) in [7, 11) is 1.42. The molecule has 1 N–H and O–H groups in total. The molecule has 0 saturated carbocycles. The van der Waals surface area contributed by atoms with Crippen LogP contribution in [0.1, 0.15) is 19.4 Å². The zero-order chi connectivity index (χ0) is 24.4. The van der Waals surface area contributed by atoms with Crippen molar-refractivity contribution in [3.05, 3.63) is 69.6 Å². The first-order valence-corrected chi connectivity index (χ1v) is 10.3. The van der Waals surface area contributed by atoms with Crippen LogP contribution in [0, 0.1) is 0 Å². The van der Waals surface area contributed by atoms with Gasteiger partial charge in [-0.2, -0.15) is 13.2 Å². The summed E-state index contributed by atoms with van der Waals surface area (Å²) in [5.41, 5.74) is -2.40. The summed E-state index contributed by atoms with van der Waals surface area (Å²) >= 11 is 5.84. The largest absolute Gasteiger partial charge is 0.478 e. The van der Waals surface area contributed by atoms with Crippen LogP contribution in [0.15, 0.2) is 53.3 Å². The molecule has 1 amide bonds. The maximum Gasteiger partial charge on any atom is 0.416 e. The van der Waals surface area contributed by atoms with Gasteiger partial charge in [0.15, 0.2) is 11.4 Å². The van der Waals surface area contributed by atoms with Gasteiger partial charge in [-0.25, -0.2) is 9.48 Å². The Balaban J connectivity index is 1.67. The lowest BCUT2D eigenvalue weighted by Gasteiger charge is -2.25. The van der Waals surface area contributed by atoms with Gasteiger partial charge in [0.25, 0.3) is 5.91 Å². The molecule has 0 spiro atoms. The fourth-order valence-electron chi connectivity index (χ4n) is 3.05. The highest BCUT2D eigenvalue weighted by Crippen LogP contribution is 2.31. The van der Waals surface area contributed by atoms with Crippen molar-refractivity contribution in [2.24, 2.45) is 7.05 Å². The number of carbonyl (C=O) groups is 1. The topological polar surface area (TPSA) is 78.2 Å². The van der Waals surface area contributed by atoms with Crippen LogP contribution in [-0.2, 0) is 24.6 Å². The predicted octanol–water partition coefficient (Wildman–Crippen LogP) is 3.89. The third-order valence-electron chi connectivity index (χ3n) is 4.83. The minimum absolute atomic E-state index is 0.0222. The number of nitrogens with zero attached hydrogens (tertiary/aromatic N) is 3. The van der Waals surface area contributed by atoms with E-state index in [4.69, 9.17) is 16.3 Å². The number of carbonyl (C=O) groups excluding carboxylic acids is 1. The molecule has 3 aromatic rings. The Morgan fingerprint density at radius 3 is 2.45 bits per heavy atom. The summed E-state index contributed by atoms with van der Waals surface area (Å²) in [6.07, 6.45) is -4.51. The molecule has 7 nitrogen and oxygen atoms in total. The zero-order valence-corrected chi connectivity index (χ0v) is 18.9. The van der Waals surface area contributed by atoms with Gasteiger partial charge in [-0.3, -0.25) is 9.36 Å². The summed E-state index contributed by atoms with van der Waals surface area (Å²) in [6, 6.07) is 11.1. The molecule has 1 heterocycles. The summed E-state index contributed by atoms with van der Waals surface area (Å²) in [5.74, 6) is 0.134. The number of amides is 1. The van der Waals surface area contributed by atoms with Gasteiger partial charge in [0.1, 0.15) is 5.75 Å². The monoisotopic (exact) mass is 482 g/mol. The molecule has 0 bridgehead atoms. The lowest BCUT2D eigenvalue weighted by atomic mass is 10.1. The van der Waals surface area contributed by atoms with Crippen LogP contribution in [0.5, 0.6) is 5.75 Å². The molecule has 3 rings (SSSR count). The normalized spacial score (nSPS) is 12.0. The number of halogens is 4. The lowest BCUT2D eigenvalue weighted by Crippen LogP contribution is -2.47. The van der Waals surface area contributed by atoms with E-state index in [1.54, 1.807) is 38.1 Å². The minimum atomic E-state index is -4.51. The van der Waals surface area contributed by atoms with E-state index in [-0.39, 0.29) is 24.5 Å². The first kappa shape index (κ1) is 24.4. The SMILES string of the molecule is Cn1c(-c2cccc(C(F)(F)F)c2)nn(CCNC(=O)C(C)(C)Oc2ccc(Cl)cc2)c1=O. The second-order valence-electron chi connectivity index (χ2n) is 7.79. The average molecular weight is 483 g/mol. The van der Waals surface area contributed by atoms with Crippen molar-refractivity contribution in [3.63, 3.8) is 0 Å². The number of rotatable bonds is 7. The van der Waals surface area contributed by atoms with Gasteiger partial charge in [0.2, 0.25) is 0 Å². The molecule has 0 unspecified atom stereocenters. The molecule has 0 aliphatic rings. The van der Waals surface area contributed by atoms with Gasteiger partial charge in [-0.05, 0) is 50.2 Å². The van der Waals surface area contributed by atoms with Crippen molar-refractivity contribution in [1.29, 1.82) is 0 Å². The van der Waals surface area contributed by atoms with Crippen LogP contribution >= 0.6 is 11.6 Å². The molecule has 176 valence electrons. The van der Waals surface area contributed by atoms with Crippen molar-refractivity contribution in [2.45, 2.75) is 32.2 Å². The van der Waals surface area contributed by atoms with Gasteiger partial charge in [0, 0.05) is 24.2 Å². The van der Waals surface area contributed by atoms with Crippen molar-refractivity contribution in [3.8, 4) is 17.1 Å². The smallest absolute Gasteiger partial charge is 0.416 e. The molecule has 0 aliphatic carbocycles. The molecule has 33 heavy (non-hydrogen) atoms. The number of benzene rings is 2. The van der Waals surface area contributed by atoms with Crippen LogP contribution in [0.4, 0.5) is 13.2 Å². The highest BCUT2D eigenvalue weighted by Gasteiger charge is 2.31. The Bertz CT molecular complexity index is 1200. The van der Waals surface area contributed by atoms with Gasteiger partial charge < -0.3 is 10.1 Å². The molecule has 1 aromatic heterocycles. The number of aromatic nitrogens is 3. The van der Waals surface area contributed by atoms with Crippen LogP contribution < -0.4 is 15.7 Å². The van der Waals surface area contributed by atoms with Gasteiger partial charge in [-0.15, -0.1) is 5.10 Å². The van der Waals surface area contributed by atoms with Gasteiger partial charge in [0.05, 0.1) is 12.1 Å². The number of alkyl halides is 3. The quantitative estimate of drug-likeness (QED) is 0.554. The molecule has 0 aliphatic heterocycles. The standard InChI is InChI=1S/C22H22ClF3N4O3/c1-21(2,33-17-9-7-16(23)8-10-17)19(31)27-11-12-30-20(32)29(3)18(28-30)14-5-4-6-15(13-14)22(24,25)26/h4-10,13H,11-12H2,1-3H3,(H,27,31). The summed E-state index contributed by atoms with van der Waals surface area (Å²) in [6.45, 7) is 3.27. The van der Waals surface area contributed by atoms with Crippen LogP contribution in [-0.4, -0.2) is 32.4 Å². The third kappa shape index (κ3) is 5.75. The van der Waals surface area contributed by atoms with Crippen LogP contribution in [0.2, 0.25) is 5.02 Å². The van der Waals surface area contributed by atoms with Gasteiger partial charge in [-0.1, -0.05) is 23.7 Å². The second-order valence-corrected chi connectivity index (χ2v) is 8.23. The molecule has 0 atom stereocenters. The van der Waals surface area contributed by atoms with E-state index in [9.17, 15) is 22.8 Å². The number of hydrogen-bond acceptors (Lipinski definition) is 4. The molecular weight excluding hydrogens is 461 g/mol. The molecular formula is C22H22ClF3N4O3. The van der Waals surface area contributed by atoms with E-state index in [1.165, 1.54) is 19.2 Å². The first-order chi connectivity index (χ1) is 15.4. The van der Waals surface area contributed by atoms with E-state index in [0.717, 1.165) is 21.4 Å². The third-order valence-corrected chi connectivity index (χ3v) is 5.08. The molecule has 11 heteroatoms. The summed E-state index contributed by atoms with van der Waals surface area (Å²) < 4.78 is 47.0. The van der Waals surface area contributed by atoms with Crippen molar-refractivity contribution >= 4 is 17.5 Å². The maximum absolute atomic E-state index is 13.0. The fraction of sp³-hybridized carbons (Fsp3) is 0.318. The predicted molar refractivity (Wildman–Crippen MR) is 117 cm³/mol. The zero-order valence-electron chi connectivity index (χ0n) is 18.1. The van der Waals surface area contributed by atoms with Crippen LogP contribution in [0.25, 0.3) is 11.4 Å². The Kier molecular flexibility index (Phi) is 6.87. The highest BCUT2D eigenvalue weighted by molar-refractivity contribution is 6.30. The molecule has 0 saturated heterocycles. The number of nitrogens with one attached hydrogen (secondary N) is 1. The number of ether oxygens (including phenoxy) is 1. The summed E-state index contributed by atoms with van der Waals surface area (Å²) in [5, 5.41) is 7.36. The second kappa shape index (κ2) is 9.30. The van der Waals surface area contributed by atoms with E-state index in [0.29, 0.717) is 10.8 Å². The molecule has 0 fully saturated rings. The Morgan fingerprint density at radius 2 is 1.82 bits per heavy atom. The fourth-order valence-corrected chi connectivity index (χ4v) is 3.18. The molecule has 2 aromatic carbocycles. The Morgan fingerprint density at radius 1 is 1.15 bits per heavy atom. The lowest BCUT2D eigenvalue weighted by molar-refractivity contribution is -0.137. The van der Waals surface area contributed by atoms with E-state index in [2.05, 4.69) is 10.4 Å². The highest BCUT2D eigenvalue weighted by atomic mass is 35.5.